The molecule has 5 atom stereocenters. The summed E-state index contributed by atoms with van der Waals surface area (Å²) in [5.41, 5.74) is 1.20. The van der Waals surface area contributed by atoms with Gasteiger partial charge >= 0.3 is 0 Å². The lowest BCUT2D eigenvalue weighted by molar-refractivity contribution is -0.124. The van der Waals surface area contributed by atoms with Gasteiger partial charge in [0.05, 0.1) is 18.0 Å². The SMILES string of the molecule is C[C@@H](NC(=O)[C@H]1[C@H]2CC[C@@]3(CC(=O)c4ccccc4O3)[C@@H]21)c1ccncc1. The maximum absolute atomic E-state index is 12.9. The zero-order chi connectivity index (χ0) is 18.6. The Morgan fingerprint density at radius 3 is 2.85 bits per heavy atom. The summed E-state index contributed by atoms with van der Waals surface area (Å²) in [6.07, 6.45) is 5.65. The second-order valence-corrected chi connectivity index (χ2v) is 8.03. The molecular formula is C22H22N2O3. The number of nitrogens with one attached hydrogen (secondary N) is 1. The van der Waals surface area contributed by atoms with E-state index < -0.39 is 5.60 Å². The van der Waals surface area contributed by atoms with E-state index in [1.165, 1.54) is 0 Å². The summed E-state index contributed by atoms with van der Waals surface area (Å²) in [6.45, 7) is 1.98. The fourth-order valence-electron chi connectivity index (χ4n) is 5.16. The van der Waals surface area contributed by atoms with Gasteiger partial charge in [0, 0.05) is 24.2 Å². The number of ketones is 1. The summed E-state index contributed by atoms with van der Waals surface area (Å²) in [6, 6.07) is 11.2. The number of carbonyl (C=O) groups excluding carboxylic acids is 2. The first-order valence-electron chi connectivity index (χ1n) is 9.61. The zero-order valence-electron chi connectivity index (χ0n) is 15.2. The van der Waals surface area contributed by atoms with Crippen LogP contribution in [0.15, 0.2) is 48.8 Å². The van der Waals surface area contributed by atoms with Crippen molar-refractivity contribution in [3.05, 3.63) is 59.9 Å². The lowest BCUT2D eigenvalue weighted by Gasteiger charge is -2.37. The molecule has 27 heavy (non-hydrogen) atoms. The molecule has 1 spiro atoms. The molecule has 0 bridgehead atoms. The lowest BCUT2D eigenvalue weighted by Crippen LogP contribution is -2.44. The van der Waals surface area contributed by atoms with Gasteiger partial charge in [0.15, 0.2) is 5.78 Å². The van der Waals surface area contributed by atoms with Gasteiger partial charge in [-0.15, -0.1) is 0 Å². The number of ether oxygens (including phenoxy) is 1. The number of nitrogens with zero attached hydrogens (tertiary/aromatic N) is 1. The molecule has 1 amide bonds. The maximum atomic E-state index is 12.9. The molecule has 2 fully saturated rings. The molecule has 5 nitrogen and oxygen atoms in total. The van der Waals surface area contributed by atoms with Gasteiger partial charge in [0.1, 0.15) is 11.4 Å². The highest BCUT2D eigenvalue weighted by Gasteiger charge is 2.70. The Morgan fingerprint density at radius 1 is 1.26 bits per heavy atom. The third-order valence-electron chi connectivity index (χ3n) is 6.50. The van der Waals surface area contributed by atoms with Crippen molar-refractivity contribution in [2.45, 2.75) is 37.8 Å². The molecule has 0 saturated heterocycles. The van der Waals surface area contributed by atoms with Crippen molar-refractivity contribution in [1.82, 2.24) is 10.3 Å². The highest BCUT2D eigenvalue weighted by Crippen LogP contribution is 2.65. The Kier molecular flexibility index (Phi) is 3.61. The number of benzene rings is 1. The average Bonchev–Trinajstić information content (AvgIpc) is 3.34. The number of hydrogen-bond donors (Lipinski definition) is 1. The van der Waals surface area contributed by atoms with Gasteiger partial charge < -0.3 is 10.1 Å². The summed E-state index contributed by atoms with van der Waals surface area (Å²) < 4.78 is 6.37. The molecule has 2 aliphatic carbocycles. The molecule has 0 radical (unpaired) electrons. The van der Waals surface area contributed by atoms with Crippen molar-refractivity contribution in [2.75, 3.05) is 0 Å². The predicted octanol–water partition coefficient (Wildman–Crippen LogP) is 3.32. The molecule has 138 valence electrons. The van der Waals surface area contributed by atoms with E-state index in [1.54, 1.807) is 12.4 Å². The minimum atomic E-state index is -0.502. The largest absolute Gasteiger partial charge is 0.486 e. The van der Waals surface area contributed by atoms with Crippen LogP contribution in [0.4, 0.5) is 0 Å². The van der Waals surface area contributed by atoms with Gasteiger partial charge in [-0.2, -0.15) is 0 Å². The third kappa shape index (κ3) is 2.56. The summed E-state index contributed by atoms with van der Waals surface area (Å²) in [5.74, 6) is 1.29. The van der Waals surface area contributed by atoms with E-state index in [4.69, 9.17) is 4.74 Å². The van der Waals surface area contributed by atoms with Gasteiger partial charge in [-0.05, 0) is 55.5 Å². The highest BCUT2D eigenvalue weighted by atomic mass is 16.5. The number of Topliss-reactive ketones (excluding diaryl/α,β-unsaturated/α-hetero) is 1. The average molecular weight is 362 g/mol. The van der Waals surface area contributed by atoms with E-state index >= 15 is 0 Å². The van der Waals surface area contributed by atoms with Crippen molar-refractivity contribution in [1.29, 1.82) is 0 Å². The smallest absolute Gasteiger partial charge is 0.224 e. The number of hydrogen-bond acceptors (Lipinski definition) is 4. The van der Waals surface area contributed by atoms with E-state index in [1.807, 2.05) is 43.3 Å². The fourth-order valence-corrected chi connectivity index (χ4v) is 5.16. The Balaban J connectivity index is 1.33. The van der Waals surface area contributed by atoms with Crippen LogP contribution in [0.3, 0.4) is 0 Å². The van der Waals surface area contributed by atoms with Crippen LogP contribution in [0.2, 0.25) is 0 Å². The molecule has 5 rings (SSSR count). The normalized spacial score (nSPS) is 31.6. The molecule has 2 heterocycles. The van der Waals surface area contributed by atoms with Crippen molar-refractivity contribution >= 4 is 11.7 Å². The molecule has 1 aromatic carbocycles. The second kappa shape index (κ2) is 5.91. The van der Waals surface area contributed by atoms with Crippen LogP contribution in [0.25, 0.3) is 0 Å². The number of aromatic nitrogens is 1. The summed E-state index contributed by atoms with van der Waals surface area (Å²) in [5, 5.41) is 3.13. The quantitative estimate of drug-likeness (QED) is 0.909. The molecule has 3 aliphatic rings. The van der Waals surface area contributed by atoms with E-state index in [9.17, 15) is 9.59 Å². The van der Waals surface area contributed by atoms with Gasteiger partial charge in [-0.3, -0.25) is 14.6 Å². The topological polar surface area (TPSA) is 68.3 Å². The van der Waals surface area contributed by atoms with Crippen LogP contribution < -0.4 is 10.1 Å². The van der Waals surface area contributed by atoms with Crippen molar-refractivity contribution < 1.29 is 14.3 Å². The van der Waals surface area contributed by atoms with Crippen molar-refractivity contribution in [3.8, 4) is 5.75 Å². The van der Waals surface area contributed by atoms with Crippen LogP contribution in [-0.4, -0.2) is 22.3 Å². The molecule has 5 heteroatoms. The Morgan fingerprint density at radius 2 is 2.04 bits per heavy atom. The predicted molar refractivity (Wildman–Crippen MR) is 99.2 cm³/mol. The van der Waals surface area contributed by atoms with Crippen LogP contribution >= 0.6 is 0 Å². The van der Waals surface area contributed by atoms with Crippen LogP contribution in [0.5, 0.6) is 5.75 Å². The van der Waals surface area contributed by atoms with Crippen molar-refractivity contribution in [3.63, 3.8) is 0 Å². The standard InChI is InChI=1S/C22H22N2O3/c1-13(14-7-10-23-11-8-14)24-21(26)19-16-6-9-22(20(16)19)12-17(25)15-4-2-3-5-18(15)27-22/h2-5,7-8,10-11,13,16,19-20H,6,9,12H2,1H3,(H,24,26)/t13-,16-,19+,20+,22-/m1/s1. The van der Waals surface area contributed by atoms with E-state index in [2.05, 4.69) is 10.3 Å². The first-order chi connectivity index (χ1) is 13.1. The van der Waals surface area contributed by atoms with Crippen LogP contribution in [0.1, 0.15) is 48.1 Å². The van der Waals surface area contributed by atoms with Crippen LogP contribution in [-0.2, 0) is 4.79 Å². The Labute approximate surface area is 158 Å². The van der Waals surface area contributed by atoms with E-state index in [-0.39, 0.29) is 29.6 Å². The van der Waals surface area contributed by atoms with Crippen molar-refractivity contribution in [2.24, 2.45) is 17.8 Å². The van der Waals surface area contributed by atoms with Gasteiger partial charge in [-0.1, -0.05) is 12.1 Å². The first kappa shape index (κ1) is 16.5. The molecule has 1 N–H and O–H groups in total. The number of fused-ring (bicyclic) bond motifs is 3. The fraction of sp³-hybridized carbons (Fsp3) is 0.409. The highest BCUT2D eigenvalue weighted by molar-refractivity contribution is 6.00. The molecule has 2 aromatic rings. The Bertz CT molecular complexity index is 913. The number of amides is 1. The second-order valence-electron chi connectivity index (χ2n) is 8.03. The van der Waals surface area contributed by atoms with Gasteiger partial charge in [0.25, 0.3) is 0 Å². The zero-order valence-corrected chi connectivity index (χ0v) is 15.2. The van der Waals surface area contributed by atoms with E-state index in [0.717, 1.165) is 18.4 Å². The molecule has 1 aromatic heterocycles. The van der Waals surface area contributed by atoms with Crippen LogP contribution in [0, 0.1) is 17.8 Å². The summed E-state index contributed by atoms with van der Waals surface area (Å²) >= 11 is 0. The molecule has 0 unspecified atom stereocenters. The lowest BCUT2D eigenvalue weighted by atomic mass is 9.84. The summed E-state index contributed by atoms with van der Waals surface area (Å²) in [7, 11) is 0. The van der Waals surface area contributed by atoms with Gasteiger partial charge in [0.2, 0.25) is 5.91 Å². The minimum absolute atomic E-state index is 0.0545. The maximum Gasteiger partial charge on any atom is 0.224 e. The molecule has 2 saturated carbocycles. The number of rotatable bonds is 3. The van der Waals surface area contributed by atoms with Gasteiger partial charge in [-0.25, -0.2) is 0 Å². The Hall–Kier alpha value is -2.69. The van der Waals surface area contributed by atoms with E-state index in [0.29, 0.717) is 23.7 Å². The molecular weight excluding hydrogens is 340 g/mol. The monoisotopic (exact) mass is 362 g/mol. The number of para-hydroxylation sites is 1. The third-order valence-corrected chi connectivity index (χ3v) is 6.50. The first-order valence-corrected chi connectivity index (χ1v) is 9.61. The molecule has 1 aliphatic heterocycles. The summed E-state index contributed by atoms with van der Waals surface area (Å²) in [4.78, 5) is 29.6. The minimum Gasteiger partial charge on any atom is -0.486 e. The number of carbonyl (C=O) groups is 2. The number of pyridine rings is 1.